The number of morpholine rings is 2. The van der Waals surface area contributed by atoms with Crippen molar-refractivity contribution in [2.75, 3.05) is 52.6 Å². The number of H-pyrrole nitrogens is 1. The molecule has 0 radical (unpaired) electrons. The summed E-state index contributed by atoms with van der Waals surface area (Å²) in [6, 6.07) is 12.9. The quantitative estimate of drug-likeness (QED) is 0.215. The second-order valence-electron chi connectivity index (χ2n) is 18.1. The third kappa shape index (κ3) is 9.92. The number of hydrogen-bond acceptors (Lipinski definition) is 11. The Balaban J connectivity index is 0.000000183. The van der Waals surface area contributed by atoms with Crippen LogP contribution in [0.15, 0.2) is 96.9 Å². The number of benzene rings is 1. The third-order valence-corrected chi connectivity index (χ3v) is 15.8. The number of pyridine rings is 2. The maximum absolute atomic E-state index is 16.4. The zero-order chi connectivity index (χ0) is 44.8. The van der Waals surface area contributed by atoms with E-state index in [1.54, 1.807) is 71.4 Å². The maximum atomic E-state index is 16.4. The molecule has 4 fully saturated rings. The van der Waals surface area contributed by atoms with Gasteiger partial charge in [0.05, 0.1) is 43.7 Å². The van der Waals surface area contributed by atoms with Gasteiger partial charge in [0.2, 0.25) is 0 Å². The molecule has 2 saturated heterocycles. The monoisotopic (exact) mass is 946 g/mol. The molecular weight excluding hydrogens is 890 g/mol. The fourth-order valence-electron chi connectivity index (χ4n) is 10.4. The van der Waals surface area contributed by atoms with E-state index in [1.165, 1.54) is 10.2 Å². The van der Waals surface area contributed by atoms with Crippen LogP contribution in [0.4, 0.5) is 8.78 Å². The molecule has 0 unspecified atom stereocenters. The van der Waals surface area contributed by atoms with Crippen molar-refractivity contribution in [1.29, 1.82) is 0 Å². The number of halogens is 2. The zero-order valence-electron chi connectivity index (χ0n) is 38.4. The van der Waals surface area contributed by atoms with E-state index < -0.39 is 21.4 Å². The average molecular weight is 947 g/mol. The number of ether oxygens (including phenoxy) is 2. The van der Waals surface area contributed by atoms with Crippen molar-refractivity contribution in [2.45, 2.75) is 79.7 Å². The molecule has 2 aliphatic heterocycles. The van der Waals surface area contributed by atoms with Gasteiger partial charge in [0, 0.05) is 134 Å². The summed E-state index contributed by atoms with van der Waals surface area (Å²) in [5, 5.41) is 10.1. The van der Waals surface area contributed by atoms with Crippen LogP contribution in [0.1, 0.15) is 62.5 Å². The minimum atomic E-state index is -3.90. The fraction of sp³-hybridized carbons (Fsp3) is 0.458. The van der Waals surface area contributed by atoms with Crippen molar-refractivity contribution in [3.8, 4) is 22.3 Å². The molecule has 0 atom stereocenters. The molecule has 15 nitrogen and oxygen atoms in total. The van der Waals surface area contributed by atoms with Crippen LogP contribution in [0.25, 0.3) is 44.3 Å². The topological polar surface area (TPSA) is 171 Å². The summed E-state index contributed by atoms with van der Waals surface area (Å²) in [5.41, 5.74) is 2.89. The Morgan fingerprint density at radius 1 is 0.672 bits per heavy atom. The minimum Gasteiger partial charge on any atom is -0.870 e. The van der Waals surface area contributed by atoms with E-state index in [9.17, 15) is 8.42 Å². The van der Waals surface area contributed by atoms with Gasteiger partial charge in [0.1, 0.15) is 17.0 Å². The van der Waals surface area contributed by atoms with Crippen LogP contribution in [0.2, 0.25) is 0 Å². The molecule has 0 spiro atoms. The van der Waals surface area contributed by atoms with Crippen molar-refractivity contribution in [3.63, 3.8) is 0 Å². The Morgan fingerprint density at radius 3 is 1.67 bits per heavy atom. The first kappa shape index (κ1) is 49.1. The number of aromatic nitrogens is 8. The molecule has 0 bridgehead atoms. The van der Waals surface area contributed by atoms with Gasteiger partial charge in [0.25, 0.3) is 10.0 Å². The van der Waals surface area contributed by atoms with Crippen LogP contribution in [0.3, 0.4) is 0 Å². The molecular formula is C48H57F2N10NaO5S. The number of nitrogens with one attached hydrogen (secondary N) is 1. The van der Waals surface area contributed by atoms with Crippen molar-refractivity contribution < 1.29 is 61.7 Å². The first-order valence-electron chi connectivity index (χ1n) is 22.8. The number of alkyl halides is 2. The van der Waals surface area contributed by atoms with Gasteiger partial charge in [0.15, 0.2) is 5.65 Å². The van der Waals surface area contributed by atoms with Crippen molar-refractivity contribution >= 4 is 32.1 Å². The van der Waals surface area contributed by atoms with Gasteiger partial charge in [-0.05, 0) is 75.6 Å². The summed E-state index contributed by atoms with van der Waals surface area (Å²) in [6.45, 7) is 6.79. The molecule has 2 saturated carbocycles. The second kappa shape index (κ2) is 20.3. The molecule has 4 aliphatic rings. The van der Waals surface area contributed by atoms with E-state index in [4.69, 9.17) is 9.47 Å². The van der Waals surface area contributed by atoms with E-state index in [-0.39, 0.29) is 45.6 Å². The summed E-state index contributed by atoms with van der Waals surface area (Å²) >= 11 is 0. The summed E-state index contributed by atoms with van der Waals surface area (Å²) < 4.78 is 74.9. The minimum absolute atomic E-state index is 0. The number of aromatic amines is 1. The van der Waals surface area contributed by atoms with E-state index >= 15 is 8.78 Å². The summed E-state index contributed by atoms with van der Waals surface area (Å²) in [5.74, 6) is 0. The molecule has 2 aliphatic carbocycles. The van der Waals surface area contributed by atoms with Crippen LogP contribution < -0.4 is 29.6 Å². The molecule has 1 aromatic carbocycles. The van der Waals surface area contributed by atoms with Gasteiger partial charge in [-0.15, -0.1) is 0 Å². The first-order valence-corrected chi connectivity index (χ1v) is 24.2. The zero-order valence-corrected chi connectivity index (χ0v) is 41.2. The van der Waals surface area contributed by atoms with Crippen molar-refractivity contribution in [1.82, 2.24) is 48.3 Å². The Labute approximate surface area is 411 Å². The number of fused-ring (bicyclic) bond motifs is 2. The average Bonchev–Trinajstić information content (AvgIpc) is 4.16. The SMILES string of the molecule is Cn1cc(-c2c[nH]c3ncc(C4(F)CCC(N5CCOCC5)CC4)cc23)cn1.Cn1cc(-c2cn(S(=O)(=O)c3ccccc3)c3ncc(C4(F)CCC(N5CCOCC5)CC4)cc23)cn1.[Na+].[OH-]. The van der Waals surface area contributed by atoms with Gasteiger partial charge in [-0.3, -0.25) is 19.2 Å². The number of nitrogens with zero attached hydrogens (tertiary/aromatic N) is 9. The Kier molecular flexibility index (Phi) is 14.9. The van der Waals surface area contributed by atoms with Gasteiger partial charge in [-0.2, -0.15) is 10.2 Å². The molecule has 7 aromatic rings. The van der Waals surface area contributed by atoms with Crippen LogP contribution in [-0.2, 0) is 44.9 Å². The molecule has 6 aromatic heterocycles. The van der Waals surface area contributed by atoms with Crippen LogP contribution in [0, 0.1) is 0 Å². The molecule has 2 N–H and O–H groups in total. The Bertz CT molecular complexity index is 2880. The summed E-state index contributed by atoms with van der Waals surface area (Å²) in [7, 11) is -0.205. The van der Waals surface area contributed by atoms with Gasteiger partial charge in [-0.1, -0.05) is 18.2 Å². The molecule has 11 rings (SSSR count). The third-order valence-electron chi connectivity index (χ3n) is 14.1. The van der Waals surface area contributed by atoms with Crippen LogP contribution >= 0.6 is 0 Å². The summed E-state index contributed by atoms with van der Waals surface area (Å²) in [4.78, 5) is 17.3. The normalized spacial score (nSPS) is 24.1. The fourth-order valence-corrected chi connectivity index (χ4v) is 11.7. The van der Waals surface area contributed by atoms with Gasteiger partial charge < -0.3 is 19.9 Å². The van der Waals surface area contributed by atoms with E-state index in [0.717, 1.165) is 106 Å². The largest absolute Gasteiger partial charge is 1.00 e. The molecule has 0 amide bonds. The smallest absolute Gasteiger partial charge is 0.870 e. The Hall–Kier alpha value is -4.37. The van der Waals surface area contributed by atoms with Gasteiger partial charge in [-0.25, -0.2) is 31.1 Å². The second-order valence-corrected chi connectivity index (χ2v) is 19.9. The molecule has 8 heterocycles. The van der Waals surface area contributed by atoms with Crippen LogP contribution in [-0.4, -0.2) is 127 Å². The maximum Gasteiger partial charge on any atom is 1.00 e. The van der Waals surface area contributed by atoms with Crippen molar-refractivity contribution in [2.24, 2.45) is 14.1 Å². The first-order chi connectivity index (χ1) is 31.5. The number of rotatable bonds is 8. The van der Waals surface area contributed by atoms with Crippen molar-refractivity contribution in [3.05, 3.63) is 103 Å². The van der Waals surface area contributed by atoms with Gasteiger partial charge >= 0.3 is 29.6 Å². The van der Waals surface area contributed by atoms with E-state index in [1.807, 2.05) is 37.9 Å². The predicted molar refractivity (Wildman–Crippen MR) is 246 cm³/mol. The Morgan fingerprint density at radius 2 is 1.16 bits per heavy atom. The molecule has 67 heavy (non-hydrogen) atoms. The van der Waals surface area contributed by atoms with E-state index in [2.05, 4.69) is 34.9 Å². The molecule has 350 valence electrons. The predicted octanol–water partition coefficient (Wildman–Crippen LogP) is 4.34. The number of aryl methyl sites for hydroxylation is 2. The number of hydrogen-bond donors (Lipinski definition) is 1. The van der Waals surface area contributed by atoms with Crippen LogP contribution in [0.5, 0.6) is 0 Å². The summed E-state index contributed by atoms with van der Waals surface area (Å²) in [6.07, 6.45) is 19.3. The van der Waals surface area contributed by atoms with E-state index in [0.29, 0.717) is 59.8 Å². The molecule has 19 heteroatoms. The standard InChI is InChI=1S/C27H30FN5O3S.C21H26FN5O.Na.H2O/c1-31-18-20(16-30-31)25-19-33(37(34,35)23-5-3-2-4-6-23)26-24(25)15-21(17-29-26)27(28)9-7-22(8-10-27)32-11-13-36-14-12-32;1-26-14-15(11-25-26)19-13-24-20-18(19)10-16(12-23-20)21(22)4-2-17(3-5-21)27-6-8-28-9-7-27;;/h2-6,15-19,22H,7-14H2,1H3;10-14,17H,2-9H2,1H3,(H,23,24);;1H2/q;;+1;/p-1.